The molecule has 0 aromatic rings. The fraction of sp³-hybridized carbons (Fsp3) is 0.786. The van der Waals surface area contributed by atoms with Gasteiger partial charge in [-0.15, -0.1) is 24.0 Å². The van der Waals surface area contributed by atoms with Crippen molar-refractivity contribution >= 4 is 29.9 Å². The molecule has 19 heavy (non-hydrogen) atoms. The van der Waals surface area contributed by atoms with E-state index in [1.54, 1.807) is 0 Å². The molecule has 2 aliphatic rings. The lowest BCUT2D eigenvalue weighted by Gasteiger charge is -2.15. The first kappa shape index (κ1) is 16.8. The van der Waals surface area contributed by atoms with Gasteiger partial charge in [0.15, 0.2) is 5.96 Å². The van der Waals surface area contributed by atoms with Gasteiger partial charge in [-0.3, -0.25) is 4.99 Å². The zero-order chi connectivity index (χ0) is 12.6. The van der Waals surface area contributed by atoms with Crippen LogP contribution in [0.5, 0.6) is 0 Å². The van der Waals surface area contributed by atoms with Gasteiger partial charge in [0.05, 0.1) is 13.2 Å². The van der Waals surface area contributed by atoms with E-state index in [4.69, 9.17) is 4.74 Å². The summed E-state index contributed by atoms with van der Waals surface area (Å²) in [4.78, 5) is 4.61. The number of hydrogen-bond donors (Lipinski definition) is 2. The van der Waals surface area contributed by atoms with E-state index in [1.165, 1.54) is 18.4 Å². The number of halogens is 1. The second-order valence-electron chi connectivity index (χ2n) is 5.03. The maximum Gasteiger partial charge on any atom is 0.191 e. The highest BCUT2D eigenvalue weighted by molar-refractivity contribution is 14.0. The van der Waals surface area contributed by atoms with Gasteiger partial charge in [-0.25, -0.2) is 0 Å². The second-order valence-corrected chi connectivity index (χ2v) is 5.03. The first-order valence-electron chi connectivity index (χ1n) is 7.16. The van der Waals surface area contributed by atoms with Crippen LogP contribution in [-0.2, 0) is 4.74 Å². The zero-order valence-electron chi connectivity index (χ0n) is 11.8. The molecule has 4 nitrogen and oxygen atoms in total. The number of nitrogens with zero attached hydrogens (tertiary/aromatic N) is 1. The average Bonchev–Trinajstić information content (AvgIpc) is 3.21. The van der Waals surface area contributed by atoms with E-state index in [1.807, 2.05) is 0 Å². The quantitative estimate of drug-likeness (QED) is 0.322. The number of nitrogens with one attached hydrogen (secondary N) is 2. The molecule has 1 aliphatic carbocycles. The third kappa shape index (κ3) is 7.15. The molecular formula is C14H26IN3O. The van der Waals surface area contributed by atoms with Crippen LogP contribution < -0.4 is 10.6 Å². The molecule has 0 unspecified atom stereocenters. The van der Waals surface area contributed by atoms with Gasteiger partial charge in [-0.2, -0.15) is 0 Å². The fourth-order valence-electron chi connectivity index (χ4n) is 2.00. The summed E-state index contributed by atoms with van der Waals surface area (Å²) in [6, 6.07) is 0. The summed E-state index contributed by atoms with van der Waals surface area (Å²) < 4.78 is 5.30. The molecule has 2 rings (SSSR count). The Morgan fingerprint density at radius 1 is 1.42 bits per heavy atom. The molecule has 1 aliphatic heterocycles. The Kier molecular flexibility index (Phi) is 8.45. The second kappa shape index (κ2) is 9.58. The van der Waals surface area contributed by atoms with Crippen LogP contribution in [0.3, 0.4) is 0 Å². The molecule has 0 spiro atoms. The van der Waals surface area contributed by atoms with E-state index in [0.29, 0.717) is 0 Å². The lowest BCUT2D eigenvalue weighted by molar-refractivity contribution is 0.153. The summed E-state index contributed by atoms with van der Waals surface area (Å²) in [6.07, 6.45) is 7.10. The summed E-state index contributed by atoms with van der Waals surface area (Å²) in [7, 11) is 0. The van der Waals surface area contributed by atoms with E-state index in [2.05, 4.69) is 28.6 Å². The molecule has 0 aromatic heterocycles. The Morgan fingerprint density at radius 2 is 2.26 bits per heavy atom. The Bertz CT molecular complexity index is 314. The summed E-state index contributed by atoms with van der Waals surface area (Å²) in [5.41, 5.74) is 1.51. The number of rotatable bonds is 6. The number of guanidine groups is 1. The highest BCUT2D eigenvalue weighted by atomic mass is 127. The molecule has 1 fully saturated rings. The fourth-order valence-corrected chi connectivity index (χ4v) is 2.00. The van der Waals surface area contributed by atoms with Crippen LogP contribution in [0.4, 0.5) is 0 Å². The van der Waals surface area contributed by atoms with Gasteiger partial charge < -0.3 is 15.4 Å². The number of aliphatic imine (C=N–C) groups is 1. The topological polar surface area (TPSA) is 45.7 Å². The van der Waals surface area contributed by atoms with Gasteiger partial charge in [-0.1, -0.05) is 11.6 Å². The molecule has 2 N–H and O–H groups in total. The van der Waals surface area contributed by atoms with E-state index in [9.17, 15) is 0 Å². The summed E-state index contributed by atoms with van der Waals surface area (Å²) in [6.45, 7) is 6.63. The molecule has 0 bridgehead atoms. The zero-order valence-corrected chi connectivity index (χ0v) is 14.1. The minimum absolute atomic E-state index is 0. The predicted molar refractivity (Wildman–Crippen MR) is 90.3 cm³/mol. The van der Waals surface area contributed by atoms with Crippen LogP contribution in [0.2, 0.25) is 0 Å². The van der Waals surface area contributed by atoms with Crippen molar-refractivity contribution in [1.29, 1.82) is 0 Å². The maximum atomic E-state index is 5.30. The predicted octanol–water partition coefficient (Wildman–Crippen LogP) is 2.31. The van der Waals surface area contributed by atoms with Crippen LogP contribution in [0.15, 0.2) is 16.6 Å². The van der Waals surface area contributed by atoms with Crippen LogP contribution in [0.1, 0.15) is 32.6 Å². The third-order valence-corrected chi connectivity index (χ3v) is 3.34. The van der Waals surface area contributed by atoms with Gasteiger partial charge in [0.1, 0.15) is 0 Å². The summed E-state index contributed by atoms with van der Waals surface area (Å²) in [5, 5.41) is 6.71. The smallest absolute Gasteiger partial charge is 0.191 e. The Labute approximate surface area is 133 Å². The van der Waals surface area contributed by atoms with Crippen LogP contribution in [-0.4, -0.2) is 38.8 Å². The van der Waals surface area contributed by atoms with Gasteiger partial charge in [0.2, 0.25) is 0 Å². The molecule has 1 saturated carbocycles. The maximum absolute atomic E-state index is 5.30. The number of hydrogen-bond acceptors (Lipinski definition) is 2. The normalized spacial score (nSPS) is 19.4. The van der Waals surface area contributed by atoms with Crippen molar-refractivity contribution in [2.75, 3.05) is 32.8 Å². The molecule has 0 radical (unpaired) electrons. The van der Waals surface area contributed by atoms with Crippen LogP contribution in [0.25, 0.3) is 0 Å². The lowest BCUT2D eigenvalue weighted by Crippen LogP contribution is -2.38. The Balaban J connectivity index is 0.00000180. The average molecular weight is 379 g/mol. The van der Waals surface area contributed by atoms with Crippen LogP contribution >= 0.6 is 24.0 Å². The highest BCUT2D eigenvalue weighted by Crippen LogP contribution is 2.28. The molecule has 110 valence electrons. The molecular weight excluding hydrogens is 353 g/mol. The Hall–Kier alpha value is -0.300. The molecule has 0 saturated heterocycles. The largest absolute Gasteiger partial charge is 0.377 e. The van der Waals surface area contributed by atoms with Crippen molar-refractivity contribution in [2.45, 2.75) is 32.6 Å². The van der Waals surface area contributed by atoms with Crippen molar-refractivity contribution in [3.8, 4) is 0 Å². The van der Waals surface area contributed by atoms with E-state index < -0.39 is 0 Å². The van der Waals surface area contributed by atoms with E-state index in [0.717, 1.165) is 57.6 Å². The molecule has 0 aromatic carbocycles. The summed E-state index contributed by atoms with van der Waals surface area (Å²) >= 11 is 0. The van der Waals surface area contributed by atoms with E-state index in [-0.39, 0.29) is 24.0 Å². The van der Waals surface area contributed by atoms with E-state index >= 15 is 0 Å². The number of ether oxygens (including phenoxy) is 1. The third-order valence-electron chi connectivity index (χ3n) is 3.34. The minimum atomic E-state index is 0. The minimum Gasteiger partial charge on any atom is -0.377 e. The van der Waals surface area contributed by atoms with Gasteiger partial charge in [0, 0.05) is 19.6 Å². The molecule has 5 heteroatoms. The standard InChI is InChI=1S/C14H25N3O.HI/c1-2-15-14(17-11-13-3-4-13)16-8-5-12-6-9-18-10-7-12;/h6,13H,2-5,7-11H2,1H3,(H2,15,16,17);1H. The van der Waals surface area contributed by atoms with Gasteiger partial charge >= 0.3 is 0 Å². The Morgan fingerprint density at radius 3 is 2.89 bits per heavy atom. The van der Waals surface area contributed by atoms with Gasteiger partial charge in [0.25, 0.3) is 0 Å². The van der Waals surface area contributed by atoms with Crippen molar-refractivity contribution in [2.24, 2.45) is 10.9 Å². The van der Waals surface area contributed by atoms with Crippen molar-refractivity contribution in [3.63, 3.8) is 0 Å². The SMILES string of the molecule is CCNC(=NCC1CC1)NCCC1=CCOCC1.I. The first-order chi connectivity index (χ1) is 8.88. The van der Waals surface area contributed by atoms with Crippen molar-refractivity contribution in [1.82, 2.24) is 10.6 Å². The first-order valence-corrected chi connectivity index (χ1v) is 7.16. The lowest BCUT2D eigenvalue weighted by atomic mass is 10.1. The molecule has 1 heterocycles. The highest BCUT2D eigenvalue weighted by Gasteiger charge is 2.20. The molecule has 0 atom stereocenters. The van der Waals surface area contributed by atoms with Crippen LogP contribution in [0, 0.1) is 5.92 Å². The van der Waals surface area contributed by atoms with Crippen molar-refractivity contribution < 1.29 is 4.74 Å². The van der Waals surface area contributed by atoms with Gasteiger partial charge in [-0.05, 0) is 38.5 Å². The van der Waals surface area contributed by atoms with Crippen molar-refractivity contribution in [3.05, 3.63) is 11.6 Å². The summed E-state index contributed by atoms with van der Waals surface area (Å²) in [5.74, 6) is 1.82. The monoisotopic (exact) mass is 379 g/mol. The molecule has 0 amide bonds.